The molecule has 116 valence electrons. The van der Waals surface area contributed by atoms with Gasteiger partial charge in [-0.05, 0) is 31.0 Å². The van der Waals surface area contributed by atoms with Gasteiger partial charge in [0.1, 0.15) is 12.4 Å². The van der Waals surface area contributed by atoms with Crippen LogP contribution < -0.4 is 15.0 Å². The van der Waals surface area contributed by atoms with Crippen LogP contribution >= 0.6 is 0 Å². The van der Waals surface area contributed by atoms with E-state index in [0.717, 1.165) is 44.2 Å². The molecule has 1 aliphatic heterocycles. The van der Waals surface area contributed by atoms with Gasteiger partial charge in [-0.25, -0.2) is 9.97 Å². The molecule has 0 unspecified atom stereocenters. The van der Waals surface area contributed by atoms with Gasteiger partial charge in [0, 0.05) is 38.1 Å². The van der Waals surface area contributed by atoms with Crippen LogP contribution in [0.1, 0.15) is 12.8 Å². The van der Waals surface area contributed by atoms with Crippen LogP contribution in [0.3, 0.4) is 0 Å². The zero-order valence-corrected chi connectivity index (χ0v) is 12.7. The van der Waals surface area contributed by atoms with E-state index in [1.165, 1.54) is 0 Å². The Labute approximate surface area is 131 Å². The molecule has 1 aromatic carbocycles. The highest BCUT2D eigenvalue weighted by Gasteiger charge is 2.20. The Kier molecular flexibility index (Phi) is 5.21. The van der Waals surface area contributed by atoms with Crippen LogP contribution in [0.2, 0.25) is 0 Å². The second-order valence-electron chi connectivity index (χ2n) is 5.43. The number of nitrogens with zero attached hydrogens (tertiary/aromatic N) is 3. The maximum Gasteiger partial charge on any atom is 0.225 e. The summed E-state index contributed by atoms with van der Waals surface area (Å²) in [5, 5.41) is 3.57. The molecule has 2 aromatic rings. The Morgan fingerprint density at radius 2 is 1.77 bits per heavy atom. The summed E-state index contributed by atoms with van der Waals surface area (Å²) >= 11 is 0. The summed E-state index contributed by atoms with van der Waals surface area (Å²) in [6.07, 6.45) is 5.83. The minimum atomic E-state index is 0.555. The fourth-order valence-corrected chi connectivity index (χ4v) is 2.69. The lowest BCUT2D eigenvalue weighted by molar-refractivity contribution is 0.296. The van der Waals surface area contributed by atoms with Crippen LogP contribution in [-0.4, -0.2) is 42.3 Å². The first-order chi connectivity index (χ1) is 10.9. The van der Waals surface area contributed by atoms with E-state index in [1.54, 1.807) is 12.4 Å². The quantitative estimate of drug-likeness (QED) is 0.828. The van der Waals surface area contributed by atoms with Crippen molar-refractivity contribution in [1.82, 2.24) is 15.3 Å². The van der Waals surface area contributed by atoms with E-state index >= 15 is 0 Å². The van der Waals surface area contributed by atoms with E-state index in [0.29, 0.717) is 12.6 Å². The molecule has 1 aliphatic rings. The van der Waals surface area contributed by atoms with Gasteiger partial charge in [0.2, 0.25) is 5.95 Å². The lowest BCUT2D eigenvalue weighted by Crippen LogP contribution is -2.44. The van der Waals surface area contributed by atoms with E-state index < -0.39 is 0 Å². The number of ether oxygens (including phenoxy) is 1. The molecule has 1 aromatic heterocycles. The molecule has 0 spiro atoms. The molecule has 3 rings (SSSR count). The Morgan fingerprint density at radius 3 is 2.50 bits per heavy atom. The summed E-state index contributed by atoms with van der Waals surface area (Å²) in [6.45, 7) is 3.58. The van der Waals surface area contributed by atoms with E-state index in [2.05, 4.69) is 20.2 Å². The first kappa shape index (κ1) is 14.8. The SMILES string of the molecule is c1ccc(OCCNC2CCN(c3ncccn3)CC2)cc1. The Bertz CT molecular complexity index is 541. The van der Waals surface area contributed by atoms with Crippen LogP contribution in [0.15, 0.2) is 48.8 Å². The highest BCUT2D eigenvalue weighted by molar-refractivity contribution is 5.29. The van der Waals surface area contributed by atoms with Crippen molar-refractivity contribution in [3.8, 4) is 5.75 Å². The van der Waals surface area contributed by atoms with Crippen molar-refractivity contribution in [2.24, 2.45) is 0 Å². The number of hydrogen-bond donors (Lipinski definition) is 1. The molecule has 2 heterocycles. The van der Waals surface area contributed by atoms with E-state index in [-0.39, 0.29) is 0 Å². The molecule has 5 heteroatoms. The van der Waals surface area contributed by atoms with Gasteiger partial charge in [0.15, 0.2) is 0 Å². The van der Waals surface area contributed by atoms with E-state index in [1.807, 2.05) is 36.4 Å². The number of anilines is 1. The zero-order chi connectivity index (χ0) is 15.0. The molecular weight excluding hydrogens is 276 g/mol. The third-order valence-electron chi connectivity index (χ3n) is 3.88. The predicted octanol–water partition coefficient (Wildman–Crippen LogP) is 2.11. The molecule has 0 saturated carbocycles. The highest BCUT2D eigenvalue weighted by atomic mass is 16.5. The van der Waals surface area contributed by atoms with Gasteiger partial charge in [0.05, 0.1) is 0 Å². The monoisotopic (exact) mass is 298 g/mol. The fraction of sp³-hybridized carbons (Fsp3) is 0.412. The van der Waals surface area contributed by atoms with E-state index in [4.69, 9.17) is 4.74 Å². The smallest absolute Gasteiger partial charge is 0.225 e. The van der Waals surface area contributed by atoms with Crippen molar-refractivity contribution in [1.29, 1.82) is 0 Å². The van der Waals surface area contributed by atoms with Crippen molar-refractivity contribution < 1.29 is 4.74 Å². The first-order valence-electron chi connectivity index (χ1n) is 7.85. The van der Waals surface area contributed by atoms with Crippen LogP contribution in [0.25, 0.3) is 0 Å². The highest BCUT2D eigenvalue weighted by Crippen LogP contribution is 2.15. The molecule has 0 atom stereocenters. The van der Waals surface area contributed by atoms with Gasteiger partial charge in [-0.15, -0.1) is 0 Å². The Balaban J connectivity index is 1.34. The lowest BCUT2D eigenvalue weighted by Gasteiger charge is -2.32. The maximum absolute atomic E-state index is 5.69. The number of piperidine rings is 1. The van der Waals surface area contributed by atoms with Gasteiger partial charge in [-0.1, -0.05) is 18.2 Å². The van der Waals surface area contributed by atoms with Crippen molar-refractivity contribution >= 4 is 5.95 Å². The summed E-state index contributed by atoms with van der Waals surface area (Å²) < 4.78 is 5.69. The number of para-hydroxylation sites is 1. The molecule has 5 nitrogen and oxygen atoms in total. The molecule has 22 heavy (non-hydrogen) atoms. The minimum Gasteiger partial charge on any atom is -0.492 e. The van der Waals surface area contributed by atoms with Crippen LogP contribution in [-0.2, 0) is 0 Å². The number of nitrogens with one attached hydrogen (secondary N) is 1. The number of benzene rings is 1. The average Bonchev–Trinajstić information content (AvgIpc) is 2.61. The fourth-order valence-electron chi connectivity index (χ4n) is 2.69. The van der Waals surface area contributed by atoms with Gasteiger partial charge >= 0.3 is 0 Å². The summed E-state index contributed by atoms with van der Waals surface area (Å²) in [7, 11) is 0. The van der Waals surface area contributed by atoms with Gasteiger partial charge in [0.25, 0.3) is 0 Å². The second kappa shape index (κ2) is 7.75. The minimum absolute atomic E-state index is 0.555. The summed E-state index contributed by atoms with van der Waals surface area (Å²) in [4.78, 5) is 10.9. The topological polar surface area (TPSA) is 50.3 Å². The Hall–Kier alpha value is -2.14. The number of hydrogen-bond acceptors (Lipinski definition) is 5. The normalized spacial score (nSPS) is 15.7. The van der Waals surface area contributed by atoms with Crippen molar-refractivity contribution in [2.45, 2.75) is 18.9 Å². The molecule has 1 N–H and O–H groups in total. The summed E-state index contributed by atoms with van der Waals surface area (Å²) in [5.74, 6) is 1.77. The van der Waals surface area contributed by atoms with Crippen LogP contribution in [0.4, 0.5) is 5.95 Å². The molecule has 0 amide bonds. The van der Waals surface area contributed by atoms with Crippen molar-refractivity contribution in [3.05, 3.63) is 48.8 Å². The van der Waals surface area contributed by atoms with Gasteiger partial charge in [-0.2, -0.15) is 0 Å². The van der Waals surface area contributed by atoms with E-state index in [9.17, 15) is 0 Å². The molecule has 0 bridgehead atoms. The third kappa shape index (κ3) is 4.18. The van der Waals surface area contributed by atoms with Crippen molar-refractivity contribution in [3.63, 3.8) is 0 Å². The predicted molar refractivity (Wildman–Crippen MR) is 87.2 cm³/mol. The lowest BCUT2D eigenvalue weighted by atomic mass is 10.1. The van der Waals surface area contributed by atoms with Crippen molar-refractivity contribution in [2.75, 3.05) is 31.1 Å². The Morgan fingerprint density at radius 1 is 1.05 bits per heavy atom. The molecule has 1 fully saturated rings. The second-order valence-corrected chi connectivity index (χ2v) is 5.43. The molecule has 0 radical (unpaired) electrons. The standard InChI is InChI=1S/C17H22N4O/c1-2-5-16(6-3-1)22-14-11-18-15-7-12-21(13-8-15)17-19-9-4-10-20-17/h1-6,9-10,15,18H,7-8,11-14H2. The summed E-state index contributed by atoms with van der Waals surface area (Å²) in [5.41, 5.74) is 0. The van der Waals surface area contributed by atoms with Gasteiger partial charge in [-0.3, -0.25) is 0 Å². The van der Waals surface area contributed by atoms with Crippen LogP contribution in [0.5, 0.6) is 5.75 Å². The molecule has 0 aliphatic carbocycles. The summed E-state index contributed by atoms with van der Waals surface area (Å²) in [6, 6.07) is 12.4. The maximum atomic E-state index is 5.69. The third-order valence-corrected chi connectivity index (χ3v) is 3.88. The average molecular weight is 298 g/mol. The number of aromatic nitrogens is 2. The van der Waals surface area contributed by atoms with Gasteiger partial charge < -0.3 is 15.0 Å². The first-order valence-corrected chi connectivity index (χ1v) is 7.85. The number of rotatable bonds is 6. The molecular formula is C17H22N4O. The largest absolute Gasteiger partial charge is 0.492 e. The van der Waals surface area contributed by atoms with Crippen LogP contribution in [0, 0.1) is 0 Å². The zero-order valence-electron chi connectivity index (χ0n) is 12.7. The molecule has 1 saturated heterocycles.